The Hall–Kier alpha value is -1.21. The van der Waals surface area contributed by atoms with Gasteiger partial charge >= 0.3 is 6.18 Å². The fourth-order valence-corrected chi connectivity index (χ4v) is 1.57. The zero-order valence-corrected chi connectivity index (χ0v) is 10.3. The van der Waals surface area contributed by atoms with E-state index in [9.17, 15) is 13.2 Å². The van der Waals surface area contributed by atoms with Gasteiger partial charge in [0.2, 0.25) is 0 Å². The molecule has 0 fully saturated rings. The highest BCUT2D eigenvalue weighted by molar-refractivity contribution is 5.23. The van der Waals surface area contributed by atoms with E-state index in [4.69, 9.17) is 5.73 Å². The number of nitrogens with zero attached hydrogens (tertiary/aromatic N) is 2. The Morgan fingerprint density at radius 3 is 2.17 bits per heavy atom. The number of alkyl halides is 3. The first kappa shape index (κ1) is 14.8. The van der Waals surface area contributed by atoms with Gasteiger partial charge in [-0.25, -0.2) is 9.97 Å². The number of hydrogen-bond acceptors (Lipinski definition) is 4. The smallest absolute Gasteiger partial charge is 0.372 e. The Kier molecular flexibility index (Phi) is 5.03. The molecule has 1 aromatic rings. The van der Waals surface area contributed by atoms with Gasteiger partial charge in [-0.3, -0.25) is 0 Å². The maximum Gasteiger partial charge on any atom is 0.411 e. The van der Waals surface area contributed by atoms with Crippen molar-refractivity contribution in [1.82, 2.24) is 9.97 Å². The summed E-state index contributed by atoms with van der Waals surface area (Å²) >= 11 is 0. The summed E-state index contributed by atoms with van der Waals surface area (Å²) < 4.78 is 40.0. The van der Waals surface area contributed by atoms with Crippen LogP contribution in [0, 0.1) is 13.8 Å². The molecule has 1 heterocycles. The van der Waals surface area contributed by atoms with Crippen molar-refractivity contribution >= 4 is 0 Å². The number of aryl methyl sites for hydroxylation is 2. The molecule has 7 heteroatoms. The Morgan fingerprint density at radius 2 is 1.72 bits per heavy atom. The van der Waals surface area contributed by atoms with Crippen molar-refractivity contribution in [2.45, 2.75) is 33.0 Å². The molecule has 0 aromatic carbocycles. The molecular formula is C11H16F3N3O. The number of aromatic nitrogens is 2. The second-order valence-electron chi connectivity index (χ2n) is 3.91. The van der Waals surface area contributed by atoms with Crippen LogP contribution in [0.4, 0.5) is 13.2 Å². The van der Waals surface area contributed by atoms with Crippen molar-refractivity contribution in [3.63, 3.8) is 0 Å². The first-order valence-electron chi connectivity index (χ1n) is 5.51. The van der Waals surface area contributed by atoms with Crippen LogP contribution in [0.5, 0.6) is 0 Å². The Balaban J connectivity index is 2.54. The summed E-state index contributed by atoms with van der Waals surface area (Å²) in [6, 6.07) is 0. The average molecular weight is 263 g/mol. The minimum absolute atomic E-state index is 0.0552. The molecule has 102 valence electrons. The molecule has 0 spiro atoms. The molecule has 0 bridgehead atoms. The molecular weight excluding hydrogens is 247 g/mol. The van der Waals surface area contributed by atoms with Crippen LogP contribution >= 0.6 is 0 Å². The lowest BCUT2D eigenvalue weighted by molar-refractivity contribution is -0.173. The molecule has 1 rings (SSSR count). The molecule has 0 saturated heterocycles. The van der Waals surface area contributed by atoms with Crippen molar-refractivity contribution < 1.29 is 17.9 Å². The summed E-state index contributed by atoms with van der Waals surface area (Å²) in [6.45, 7) is 2.66. The van der Waals surface area contributed by atoms with E-state index >= 15 is 0 Å². The molecule has 0 saturated carbocycles. The summed E-state index contributed by atoms with van der Waals surface area (Å²) in [7, 11) is 0. The van der Waals surface area contributed by atoms with E-state index in [0.29, 0.717) is 12.4 Å². The van der Waals surface area contributed by atoms with Crippen LogP contribution < -0.4 is 5.73 Å². The fraction of sp³-hybridized carbons (Fsp3) is 0.636. The topological polar surface area (TPSA) is 61.0 Å². The fourth-order valence-electron chi connectivity index (χ4n) is 1.57. The summed E-state index contributed by atoms with van der Waals surface area (Å²) in [5, 5.41) is 0. The van der Waals surface area contributed by atoms with Crippen molar-refractivity contribution in [3.8, 4) is 0 Å². The molecule has 4 nitrogen and oxygen atoms in total. The van der Waals surface area contributed by atoms with E-state index in [-0.39, 0.29) is 13.0 Å². The molecule has 0 amide bonds. The van der Waals surface area contributed by atoms with Gasteiger partial charge in [0, 0.05) is 29.9 Å². The van der Waals surface area contributed by atoms with Crippen molar-refractivity contribution in [3.05, 3.63) is 22.8 Å². The number of hydrogen-bond donors (Lipinski definition) is 1. The van der Waals surface area contributed by atoms with E-state index in [1.807, 2.05) is 0 Å². The number of halogens is 3. The summed E-state index contributed by atoms with van der Waals surface area (Å²) in [5.74, 6) is 0.476. The van der Waals surface area contributed by atoms with Gasteiger partial charge in [-0.15, -0.1) is 0 Å². The lowest BCUT2D eigenvalue weighted by atomic mass is 10.1. The third-order valence-corrected chi connectivity index (χ3v) is 2.41. The normalized spacial score (nSPS) is 11.9. The lowest BCUT2D eigenvalue weighted by Gasteiger charge is -2.10. The van der Waals surface area contributed by atoms with Crippen LogP contribution in [-0.4, -0.2) is 29.4 Å². The van der Waals surface area contributed by atoms with E-state index in [2.05, 4.69) is 14.7 Å². The van der Waals surface area contributed by atoms with E-state index in [1.54, 1.807) is 13.8 Å². The largest absolute Gasteiger partial charge is 0.411 e. The Bertz CT molecular complexity index is 384. The molecule has 0 unspecified atom stereocenters. The first-order valence-corrected chi connectivity index (χ1v) is 5.51. The van der Waals surface area contributed by atoms with Gasteiger partial charge in [0.1, 0.15) is 12.4 Å². The molecule has 0 atom stereocenters. The molecule has 0 aliphatic rings. The molecule has 2 N–H and O–H groups in total. The van der Waals surface area contributed by atoms with Gasteiger partial charge in [-0.1, -0.05) is 0 Å². The monoisotopic (exact) mass is 263 g/mol. The molecule has 0 aliphatic heterocycles. The van der Waals surface area contributed by atoms with Crippen LogP contribution in [0.1, 0.15) is 22.8 Å². The predicted octanol–water partition coefficient (Wildman–Crippen LogP) is 1.67. The average Bonchev–Trinajstić information content (AvgIpc) is 2.23. The SMILES string of the molecule is Cc1nc(CCOCC(F)(F)F)nc(C)c1CN. The van der Waals surface area contributed by atoms with Gasteiger partial charge in [0.15, 0.2) is 0 Å². The standard InChI is InChI=1S/C11H16F3N3O/c1-7-9(5-15)8(2)17-10(16-7)3-4-18-6-11(12,13)14/h3-6,15H2,1-2H3. The molecule has 0 radical (unpaired) electrons. The van der Waals surface area contributed by atoms with Crippen LogP contribution in [0.2, 0.25) is 0 Å². The molecule has 1 aromatic heterocycles. The highest BCUT2D eigenvalue weighted by Crippen LogP contribution is 2.14. The summed E-state index contributed by atoms with van der Waals surface area (Å²) in [4.78, 5) is 8.37. The van der Waals surface area contributed by atoms with Crippen molar-refractivity contribution in [2.75, 3.05) is 13.2 Å². The van der Waals surface area contributed by atoms with Gasteiger partial charge in [0.25, 0.3) is 0 Å². The van der Waals surface area contributed by atoms with E-state index in [1.165, 1.54) is 0 Å². The van der Waals surface area contributed by atoms with E-state index in [0.717, 1.165) is 17.0 Å². The zero-order valence-electron chi connectivity index (χ0n) is 10.3. The van der Waals surface area contributed by atoms with Crippen molar-refractivity contribution in [1.29, 1.82) is 0 Å². The minimum atomic E-state index is -4.30. The van der Waals surface area contributed by atoms with Gasteiger partial charge in [-0.05, 0) is 13.8 Å². The summed E-state index contributed by atoms with van der Waals surface area (Å²) in [5.41, 5.74) is 7.93. The van der Waals surface area contributed by atoms with Crippen molar-refractivity contribution in [2.24, 2.45) is 5.73 Å². The van der Waals surface area contributed by atoms with Crippen LogP contribution in [0.3, 0.4) is 0 Å². The summed E-state index contributed by atoms with van der Waals surface area (Å²) in [6.07, 6.45) is -4.04. The first-order chi connectivity index (χ1) is 8.33. The minimum Gasteiger partial charge on any atom is -0.372 e. The van der Waals surface area contributed by atoms with E-state index < -0.39 is 12.8 Å². The van der Waals surface area contributed by atoms with Gasteiger partial charge in [-0.2, -0.15) is 13.2 Å². The maximum absolute atomic E-state index is 11.8. The number of nitrogens with two attached hydrogens (primary N) is 1. The highest BCUT2D eigenvalue weighted by atomic mass is 19.4. The van der Waals surface area contributed by atoms with Crippen LogP contribution in [-0.2, 0) is 17.7 Å². The van der Waals surface area contributed by atoms with Gasteiger partial charge < -0.3 is 10.5 Å². The lowest BCUT2D eigenvalue weighted by Crippen LogP contribution is -2.18. The number of rotatable bonds is 5. The molecule has 0 aliphatic carbocycles. The van der Waals surface area contributed by atoms with Crippen LogP contribution in [0.25, 0.3) is 0 Å². The predicted molar refractivity (Wildman–Crippen MR) is 60.0 cm³/mol. The second-order valence-corrected chi connectivity index (χ2v) is 3.91. The van der Waals surface area contributed by atoms with Crippen LogP contribution in [0.15, 0.2) is 0 Å². The molecule has 18 heavy (non-hydrogen) atoms. The zero-order chi connectivity index (χ0) is 13.8. The number of ether oxygens (including phenoxy) is 1. The Labute approximate surface area is 103 Å². The Morgan fingerprint density at radius 1 is 1.17 bits per heavy atom. The second kappa shape index (κ2) is 6.10. The highest BCUT2D eigenvalue weighted by Gasteiger charge is 2.27. The third-order valence-electron chi connectivity index (χ3n) is 2.41. The third kappa shape index (κ3) is 4.58. The quantitative estimate of drug-likeness (QED) is 0.821. The van der Waals surface area contributed by atoms with Gasteiger partial charge in [0.05, 0.1) is 6.61 Å². The maximum atomic E-state index is 11.8.